The van der Waals surface area contributed by atoms with E-state index in [2.05, 4.69) is 0 Å². The first-order valence-electron chi connectivity index (χ1n) is 5.67. The molecule has 1 N–H and O–H groups in total. The number of carbonyl (C=O) groups excluding carboxylic acids is 1. The highest BCUT2D eigenvalue weighted by molar-refractivity contribution is 5.81. The van der Waals surface area contributed by atoms with Gasteiger partial charge in [-0.15, -0.1) is 0 Å². The Morgan fingerprint density at radius 2 is 1.88 bits per heavy atom. The second-order valence-corrected chi connectivity index (χ2v) is 3.88. The maximum Gasteiger partial charge on any atom is 0.323 e. The van der Waals surface area contributed by atoms with Gasteiger partial charge >= 0.3 is 5.97 Å². The zero-order valence-electron chi connectivity index (χ0n) is 9.93. The molecule has 17 heavy (non-hydrogen) atoms. The summed E-state index contributed by atoms with van der Waals surface area (Å²) < 4.78 is 0. The predicted molar refractivity (Wildman–Crippen MR) is 64.4 cm³/mol. The molecule has 0 saturated heterocycles. The van der Waals surface area contributed by atoms with Crippen molar-refractivity contribution in [3.05, 3.63) is 35.9 Å². The maximum atomic E-state index is 11.7. The number of aliphatic carboxylic acids is 1. The van der Waals surface area contributed by atoms with Crippen molar-refractivity contribution in [1.82, 2.24) is 4.90 Å². The molecule has 0 aliphatic heterocycles. The minimum Gasteiger partial charge on any atom is -0.480 e. The fourth-order valence-electron chi connectivity index (χ4n) is 1.57. The van der Waals surface area contributed by atoms with Crippen LogP contribution in [0, 0.1) is 0 Å². The minimum absolute atomic E-state index is 0.112. The average Bonchev–Trinajstić information content (AvgIpc) is 2.29. The SMILES string of the molecule is CCCC(=O)N(CC(=O)O)Cc1ccccc1. The number of hydrogen-bond donors (Lipinski definition) is 1. The molecule has 0 fully saturated rings. The Morgan fingerprint density at radius 1 is 1.24 bits per heavy atom. The van der Waals surface area contributed by atoms with Crippen molar-refractivity contribution in [3.8, 4) is 0 Å². The molecule has 0 unspecified atom stereocenters. The van der Waals surface area contributed by atoms with E-state index in [0.717, 1.165) is 12.0 Å². The van der Waals surface area contributed by atoms with Crippen LogP contribution in [0.1, 0.15) is 25.3 Å². The fourth-order valence-corrected chi connectivity index (χ4v) is 1.57. The summed E-state index contributed by atoms with van der Waals surface area (Å²) in [7, 11) is 0. The van der Waals surface area contributed by atoms with Gasteiger partial charge in [0.05, 0.1) is 0 Å². The Bertz CT molecular complexity index is 376. The van der Waals surface area contributed by atoms with Crippen LogP contribution in [-0.2, 0) is 16.1 Å². The van der Waals surface area contributed by atoms with Gasteiger partial charge in [0.2, 0.25) is 5.91 Å². The summed E-state index contributed by atoms with van der Waals surface area (Å²) in [5, 5.41) is 8.79. The lowest BCUT2D eigenvalue weighted by atomic mass is 10.2. The molecule has 1 aromatic carbocycles. The second kappa shape index (κ2) is 6.68. The molecule has 0 spiro atoms. The van der Waals surface area contributed by atoms with E-state index in [1.807, 2.05) is 37.3 Å². The number of amides is 1. The number of benzene rings is 1. The van der Waals surface area contributed by atoms with E-state index in [1.165, 1.54) is 4.90 Å². The number of carboxylic acids is 1. The van der Waals surface area contributed by atoms with E-state index < -0.39 is 5.97 Å². The standard InChI is InChI=1S/C13H17NO3/c1-2-6-12(15)14(10-13(16)17)9-11-7-4-3-5-8-11/h3-5,7-8H,2,6,9-10H2,1H3,(H,16,17). The van der Waals surface area contributed by atoms with Gasteiger partial charge in [0.25, 0.3) is 0 Å². The molecular formula is C13H17NO3. The molecule has 0 radical (unpaired) electrons. The maximum absolute atomic E-state index is 11.7. The van der Waals surface area contributed by atoms with Gasteiger partial charge in [-0.25, -0.2) is 0 Å². The Hall–Kier alpha value is -1.84. The Balaban J connectivity index is 2.70. The zero-order chi connectivity index (χ0) is 12.7. The molecule has 0 aromatic heterocycles. The molecule has 1 aromatic rings. The summed E-state index contributed by atoms with van der Waals surface area (Å²) in [6.45, 7) is 2.01. The molecule has 0 bridgehead atoms. The van der Waals surface area contributed by atoms with Gasteiger partial charge in [-0.1, -0.05) is 37.3 Å². The Labute approximate surface area is 101 Å². The van der Waals surface area contributed by atoms with Crippen LogP contribution in [0.5, 0.6) is 0 Å². The van der Waals surface area contributed by atoms with Crippen molar-refractivity contribution in [2.24, 2.45) is 0 Å². The number of hydrogen-bond acceptors (Lipinski definition) is 2. The first-order chi connectivity index (χ1) is 8.13. The van der Waals surface area contributed by atoms with Crippen LogP contribution in [0.25, 0.3) is 0 Å². The number of nitrogens with zero attached hydrogens (tertiary/aromatic N) is 1. The van der Waals surface area contributed by atoms with Crippen LogP contribution in [0.4, 0.5) is 0 Å². The number of carboxylic acid groups (broad SMARTS) is 1. The lowest BCUT2D eigenvalue weighted by Crippen LogP contribution is -2.34. The monoisotopic (exact) mass is 235 g/mol. The molecule has 0 aliphatic carbocycles. The lowest BCUT2D eigenvalue weighted by molar-refractivity contribution is -0.144. The van der Waals surface area contributed by atoms with E-state index in [0.29, 0.717) is 13.0 Å². The van der Waals surface area contributed by atoms with Crippen LogP contribution < -0.4 is 0 Å². The lowest BCUT2D eigenvalue weighted by Gasteiger charge is -2.20. The van der Waals surface area contributed by atoms with Gasteiger partial charge in [-0.3, -0.25) is 9.59 Å². The summed E-state index contributed by atoms with van der Waals surface area (Å²) in [5.41, 5.74) is 0.943. The van der Waals surface area contributed by atoms with Crippen molar-refractivity contribution in [3.63, 3.8) is 0 Å². The molecule has 4 heteroatoms. The molecule has 0 heterocycles. The smallest absolute Gasteiger partial charge is 0.323 e. The summed E-state index contributed by atoms with van der Waals surface area (Å²) in [5.74, 6) is -1.09. The van der Waals surface area contributed by atoms with Crippen molar-refractivity contribution in [1.29, 1.82) is 0 Å². The van der Waals surface area contributed by atoms with Crippen molar-refractivity contribution in [2.75, 3.05) is 6.54 Å². The van der Waals surface area contributed by atoms with Crippen molar-refractivity contribution in [2.45, 2.75) is 26.3 Å². The summed E-state index contributed by atoms with van der Waals surface area (Å²) in [4.78, 5) is 23.8. The van der Waals surface area contributed by atoms with Crippen LogP contribution in [-0.4, -0.2) is 28.4 Å². The number of carbonyl (C=O) groups is 2. The van der Waals surface area contributed by atoms with Gasteiger partial charge in [-0.2, -0.15) is 0 Å². The third-order valence-electron chi connectivity index (χ3n) is 2.36. The van der Waals surface area contributed by atoms with Crippen LogP contribution in [0.3, 0.4) is 0 Å². The van der Waals surface area contributed by atoms with Gasteiger partial charge in [-0.05, 0) is 12.0 Å². The molecule has 92 valence electrons. The Kier molecular flexibility index (Phi) is 5.20. The van der Waals surface area contributed by atoms with Crippen LogP contribution in [0.2, 0.25) is 0 Å². The summed E-state index contributed by atoms with van der Waals surface area (Å²) in [6, 6.07) is 9.40. The quantitative estimate of drug-likeness (QED) is 0.819. The zero-order valence-corrected chi connectivity index (χ0v) is 9.93. The van der Waals surface area contributed by atoms with Gasteiger partial charge in [0.15, 0.2) is 0 Å². The topological polar surface area (TPSA) is 57.6 Å². The summed E-state index contributed by atoms with van der Waals surface area (Å²) in [6.07, 6.45) is 1.11. The van der Waals surface area contributed by atoms with E-state index >= 15 is 0 Å². The van der Waals surface area contributed by atoms with Gasteiger partial charge in [0.1, 0.15) is 6.54 Å². The van der Waals surface area contributed by atoms with E-state index in [4.69, 9.17) is 5.11 Å². The summed E-state index contributed by atoms with van der Waals surface area (Å²) >= 11 is 0. The first kappa shape index (κ1) is 13.2. The fraction of sp³-hybridized carbons (Fsp3) is 0.385. The molecule has 4 nitrogen and oxygen atoms in total. The van der Waals surface area contributed by atoms with E-state index in [-0.39, 0.29) is 12.5 Å². The largest absolute Gasteiger partial charge is 0.480 e. The van der Waals surface area contributed by atoms with E-state index in [9.17, 15) is 9.59 Å². The highest BCUT2D eigenvalue weighted by Crippen LogP contribution is 2.06. The third kappa shape index (κ3) is 4.68. The molecule has 0 atom stereocenters. The van der Waals surface area contributed by atoms with Crippen molar-refractivity contribution >= 4 is 11.9 Å². The van der Waals surface area contributed by atoms with Crippen LogP contribution >= 0.6 is 0 Å². The van der Waals surface area contributed by atoms with E-state index in [1.54, 1.807) is 0 Å². The average molecular weight is 235 g/mol. The Morgan fingerprint density at radius 3 is 2.41 bits per heavy atom. The van der Waals surface area contributed by atoms with Gasteiger partial charge in [0, 0.05) is 13.0 Å². The molecule has 0 aliphatic rings. The normalized spacial score (nSPS) is 9.94. The third-order valence-corrected chi connectivity index (χ3v) is 2.36. The predicted octanol–water partition coefficient (Wildman–Crippen LogP) is 1.90. The molecular weight excluding hydrogens is 218 g/mol. The second-order valence-electron chi connectivity index (χ2n) is 3.88. The minimum atomic E-state index is -0.981. The molecule has 1 rings (SSSR count). The molecule has 1 amide bonds. The van der Waals surface area contributed by atoms with Crippen LogP contribution in [0.15, 0.2) is 30.3 Å². The highest BCUT2D eigenvalue weighted by atomic mass is 16.4. The van der Waals surface area contributed by atoms with Crippen molar-refractivity contribution < 1.29 is 14.7 Å². The first-order valence-corrected chi connectivity index (χ1v) is 5.67. The van der Waals surface area contributed by atoms with Gasteiger partial charge < -0.3 is 10.0 Å². The number of rotatable bonds is 6. The highest BCUT2D eigenvalue weighted by Gasteiger charge is 2.15. The molecule has 0 saturated carbocycles.